The zero-order valence-electron chi connectivity index (χ0n) is 13.2. The molecule has 0 saturated carbocycles. The lowest BCUT2D eigenvalue weighted by atomic mass is 10.2. The first-order valence-electron chi connectivity index (χ1n) is 7.44. The molecule has 24 heavy (non-hydrogen) atoms. The van der Waals surface area contributed by atoms with E-state index in [2.05, 4.69) is 20.3 Å². The van der Waals surface area contributed by atoms with E-state index in [1.165, 1.54) is 0 Å². The molecule has 2 aromatic heterocycles. The van der Waals surface area contributed by atoms with Gasteiger partial charge in [0, 0.05) is 25.2 Å². The van der Waals surface area contributed by atoms with Gasteiger partial charge < -0.3 is 19.6 Å². The third kappa shape index (κ3) is 3.33. The molecule has 0 aliphatic carbocycles. The van der Waals surface area contributed by atoms with E-state index in [1.807, 2.05) is 4.57 Å². The number of imidazole rings is 1. The van der Waals surface area contributed by atoms with Crippen LogP contribution >= 0.6 is 0 Å². The summed E-state index contributed by atoms with van der Waals surface area (Å²) in [5, 5.41) is 3.38. The third-order valence-electron chi connectivity index (χ3n) is 3.62. The van der Waals surface area contributed by atoms with Crippen molar-refractivity contribution in [2.75, 3.05) is 13.7 Å². The highest BCUT2D eigenvalue weighted by molar-refractivity contribution is 6.04. The molecule has 0 bridgehead atoms. The summed E-state index contributed by atoms with van der Waals surface area (Å²) < 4.78 is 6.94. The lowest BCUT2D eigenvalue weighted by molar-refractivity contribution is 0.0946. The van der Waals surface area contributed by atoms with Crippen molar-refractivity contribution in [3.63, 3.8) is 0 Å². The molecular weight excluding hydrogens is 310 g/mol. The molecular formula is C16H17N5O3. The SMILES string of the molecule is COCCn1cncc1CNC(=O)c1nc(=O)[nH]c2ccccc12. The van der Waals surface area contributed by atoms with Crippen molar-refractivity contribution in [1.29, 1.82) is 0 Å². The molecule has 0 fully saturated rings. The molecule has 8 heteroatoms. The van der Waals surface area contributed by atoms with Crippen LogP contribution in [-0.4, -0.2) is 39.1 Å². The minimum absolute atomic E-state index is 0.109. The van der Waals surface area contributed by atoms with E-state index in [1.54, 1.807) is 43.9 Å². The number of benzene rings is 1. The van der Waals surface area contributed by atoms with Crippen LogP contribution in [0.4, 0.5) is 0 Å². The normalized spacial score (nSPS) is 10.9. The lowest BCUT2D eigenvalue weighted by Crippen LogP contribution is -2.28. The number of H-pyrrole nitrogens is 1. The number of aromatic amines is 1. The van der Waals surface area contributed by atoms with Crippen LogP contribution in [0.5, 0.6) is 0 Å². The van der Waals surface area contributed by atoms with E-state index in [0.717, 1.165) is 5.69 Å². The number of amides is 1. The number of methoxy groups -OCH3 is 1. The molecule has 0 saturated heterocycles. The number of nitrogens with zero attached hydrogens (tertiary/aromatic N) is 3. The first-order valence-corrected chi connectivity index (χ1v) is 7.44. The fraction of sp³-hybridized carbons (Fsp3) is 0.250. The van der Waals surface area contributed by atoms with Crippen LogP contribution in [0.1, 0.15) is 16.2 Å². The summed E-state index contributed by atoms with van der Waals surface area (Å²) in [6.07, 6.45) is 3.36. The predicted octanol–water partition coefficient (Wildman–Crippen LogP) is 0.696. The van der Waals surface area contributed by atoms with Crippen molar-refractivity contribution in [3.8, 4) is 0 Å². The Labute approximate surface area is 137 Å². The van der Waals surface area contributed by atoms with Crippen LogP contribution in [0.3, 0.4) is 0 Å². The van der Waals surface area contributed by atoms with Gasteiger partial charge in [-0.15, -0.1) is 0 Å². The van der Waals surface area contributed by atoms with Crippen LogP contribution in [0.25, 0.3) is 10.9 Å². The largest absolute Gasteiger partial charge is 0.383 e. The first-order chi connectivity index (χ1) is 11.7. The molecule has 0 aliphatic heterocycles. The van der Waals surface area contributed by atoms with Gasteiger partial charge >= 0.3 is 5.69 Å². The Morgan fingerprint density at radius 2 is 2.21 bits per heavy atom. The molecule has 2 N–H and O–H groups in total. The van der Waals surface area contributed by atoms with Crippen molar-refractivity contribution >= 4 is 16.8 Å². The number of hydrogen-bond acceptors (Lipinski definition) is 5. The van der Waals surface area contributed by atoms with E-state index in [0.29, 0.717) is 24.1 Å². The number of nitrogens with one attached hydrogen (secondary N) is 2. The second-order valence-electron chi connectivity index (χ2n) is 5.19. The molecule has 1 aromatic carbocycles. The van der Waals surface area contributed by atoms with Gasteiger partial charge in [-0.1, -0.05) is 18.2 Å². The number of ether oxygens (including phenoxy) is 1. The summed E-state index contributed by atoms with van der Waals surface area (Å²) in [4.78, 5) is 34.6. The number of hydrogen-bond donors (Lipinski definition) is 2. The summed E-state index contributed by atoms with van der Waals surface area (Å²) in [6.45, 7) is 1.48. The molecule has 0 radical (unpaired) electrons. The molecule has 0 atom stereocenters. The maximum atomic E-state index is 12.5. The van der Waals surface area contributed by atoms with Gasteiger partial charge in [-0.05, 0) is 6.07 Å². The number of fused-ring (bicyclic) bond motifs is 1. The smallest absolute Gasteiger partial charge is 0.346 e. The summed E-state index contributed by atoms with van der Waals surface area (Å²) in [7, 11) is 1.63. The topological polar surface area (TPSA) is 102 Å². The maximum absolute atomic E-state index is 12.5. The molecule has 2 heterocycles. The highest BCUT2D eigenvalue weighted by Gasteiger charge is 2.14. The number of carbonyl (C=O) groups is 1. The molecule has 1 amide bonds. The van der Waals surface area contributed by atoms with Gasteiger partial charge in [0.05, 0.1) is 30.7 Å². The number of rotatable bonds is 6. The molecule has 3 rings (SSSR count). The van der Waals surface area contributed by atoms with E-state index in [4.69, 9.17) is 4.74 Å². The monoisotopic (exact) mass is 327 g/mol. The lowest BCUT2D eigenvalue weighted by Gasteiger charge is -2.09. The zero-order valence-corrected chi connectivity index (χ0v) is 13.2. The molecule has 3 aromatic rings. The molecule has 0 spiro atoms. The van der Waals surface area contributed by atoms with E-state index in [-0.39, 0.29) is 12.2 Å². The molecule has 0 unspecified atom stereocenters. The quantitative estimate of drug-likeness (QED) is 0.694. The molecule has 8 nitrogen and oxygen atoms in total. The average Bonchev–Trinajstić information content (AvgIpc) is 3.04. The summed E-state index contributed by atoms with van der Waals surface area (Å²) in [5.74, 6) is -0.406. The van der Waals surface area contributed by atoms with Gasteiger partial charge in [0.15, 0.2) is 0 Å². The van der Waals surface area contributed by atoms with Crippen molar-refractivity contribution in [2.24, 2.45) is 0 Å². The van der Waals surface area contributed by atoms with Crippen molar-refractivity contribution in [2.45, 2.75) is 13.1 Å². The van der Waals surface area contributed by atoms with Crippen LogP contribution in [-0.2, 0) is 17.8 Å². The fourth-order valence-electron chi connectivity index (χ4n) is 2.42. The Morgan fingerprint density at radius 1 is 1.38 bits per heavy atom. The highest BCUT2D eigenvalue weighted by Crippen LogP contribution is 2.12. The fourth-order valence-corrected chi connectivity index (χ4v) is 2.42. The highest BCUT2D eigenvalue weighted by atomic mass is 16.5. The summed E-state index contributed by atoms with van der Waals surface area (Å²) >= 11 is 0. The van der Waals surface area contributed by atoms with Gasteiger partial charge in [-0.2, -0.15) is 4.98 Å². The number of para-hydroxylation sites is 1. The van der Waals surface area contributed by atoms with Crippen LogP contribution in [0.2, 0.25) is 0 Å². The number of carbonyl (C=O) groups excluding carboxylic acids is 1. The Hall–Kier alpha value is -3.00. The Morgan fingerprint density at radius 3 is 3.04 bits per heavy atom. The number of aromatic nitrogens is 4. The van der Waals surface area contributed by atoms with Crippen LogP contribution in [0.15, 0.2) is 41.6 Å². The van der Waals surface area contributed by atoms with Gasteiger partial charge in [0.1, 0.15) is 5.69 Å². The summed E-state index contributed by atoms with van der Waals surface area (Å²) in [6, 6.07) is 7.05. The maximum Gasteiger partial charge on any atom is 0.346 e. The zero-order chi connectivity index (χ0) is 16.9. The predicted molar refractivity (Wildman–Crippen MR) is 87.6 cm³/mol. The van der Waals surface area contributed by atoms with Crippen molar-refractivity contribution in [3.05, 3.63) is 58.7 Å². The Kier molecular flexibility index (Phi) is 4.66. The van der Waals surface area contributed by atoms with E-state index >= 15 is 0 Å². The van der Waals surface area contributed by atoms with Gasteiger partial charge in [-0.3, -0.25) is 4.79 Å². The Bertz CT molecular complexity index is 915. The van der Waals surface area contributed by atoms with Gasteiger partial charge in [0.2, 0.25) is 0 Å². The minimum atomic E-state index is -0.552. The van der Waals surface area contributed by atoms with E-state index in [9.17, 15) is 9.59 Å². The third-order valence-corrected chi connectivity index (χ3v) is 3.62. The van der Waals surface area contributed by atoms with Crippen molar-refractivity contribution in [1.82, 2.24) is 24.8 Å². The summed E-state index contributed by atoms with van der Waals surface area (Å²) in [5.41, 5.74) is 0.976. The van der Waals surface area contributed by atoms with Crippen LogP contribution < -0.4 is 11.0 Å². The molecule has 0 aliphatic rings. The van der Waals surface area contributed by atoms with E-state index < -0.39 is 11.6 Å². The van der Waals surface area contributed by atoms with Gasteiger partial charge in [0.25, 0.3) is 5.91 Å². The van der Waals surface area contributed by atoms with Crippen LogP contribution in [0, 0.1) is 0 Å². The Balaban J connectivity index is 1.79. The average molecular weight is 327 g/mol. The van der Waals surface area contributed by atoms with Gasteiger partial charge in [-0.25, -0.2) is 9.78 Å². The molecule has 124 valence electrons. The second-order valence-corrected chi connectivity index (χ2v) is 5.19. The second kappa shape index (κ2) is 7.05. The van der Waals surface area contributed by atoms with Crippen molar-refractivity contribution < 1.29 is 9.53 Å². The first kappa shape index (κ1) is 15.9. The standard InChI is InChI=1S/C16H17N5O3/c1-24-7-6-21-10-17-8-11(21)9-18-15(22)14-12-4-2-3-5-13(12)19-16(23)20-14/h2-5,8,10H,6-7,9H2,1H3,(H,18,22)(H,19,20,23). The minimum Gasteiger partial charge on any atom is -0.383 e.